The number of para-hydroxylation sites is 1. The van der Waals surface area contributed by atoms with E-state index in [2.05, 4.69) is 10.6 Å². The van der Waals surface area contributed by atoms with Crippen LogP contribution in [0.15, 0.2) is 24.3 Å². The minimum atomic E-state index is -0.227. The number of hydrogen-bond acceptors (Lipinski definition) is 3. The topological polar surface area (TPSA) is 79.7 Å². The van der Waals surface area contributed by atoms with Gasteiger partial charge in [-0.2, -0.15) is 0 Å². The summed E-state index contributed by atoms with van der Waals surface area (Å²) in [6, 6.07) is 6.88. The molecule has 0 fully saturated rings. The minimum Gasteiger partial charge on any atom is -0.351 e. The van der Waals surface area contributed by atoms with Gasteiger partial charge in [-0.25, -0.2) is 0 Å². The molecule has 0 heterocycles. The molecule has 1 rings (SSSR count). The molecule has 0 aliphatic heterocycles. The van der Waals surface area contributed by atoms with Gasteiger partial charge in [-0.05, 0) is 25.5 Å². The highest BCUT2D eigenvalue weighted by molar-refractivity contribution is 6.03. The molecular formula is C16H24N3O3+. The number of Topliss-reactive ketones (excluding diaryl/α,β-unsaturated/α-hetero) is 1. The summed E-state index contributed by atoms with van der Waals surface area (Å²) in [6.07, 6.45) is 0.882. The van der Waals surface area contributed by atoms with Gasteiger partial charge in [-0.1, -0.05) is 19.1 Å². The highest BCUT2D eigenvalue weighted by Crippen LogP contribution is 2.14. The van der Waals surface area contributed by atoms with E-state index in [1.807, 2.05) is 6.92 Å². The van der Waals surface area contributed by atoms with Crippen LogP contribution in [-0.2, 0) is 9.59 Å². The fourth-order valence-corrected chi connectivity index (χ4v) is 2.03. The second kappa shape index (κ2) is 8.94. The first-order valence-corrected chi connectivity index (χ1v) is 7.41. The normalized spacial score (nSPS) is 11.6. The summed E-state index contributed by atoms with van der Waals surface area (Å²) < 4.78 is 0. The van der Waals surface area contributed by atoms with E-state index in [1.54, 1.807) is 31.3 Å². The van der Waals surface area contributed by atoms with Gasteiger partial charge in [0.15, 0.2) is 18.9 Å². The number of benzene rings is 1. The summed E-state index contributed by atoms with van der Waals surface area (Å²) in [5.41, 5.74) is 0.984. The highest BCUT2D eigenvalue weighted by Gasteiger charge is 2.15. The molecule has 22 heavy (non-hydrogen) atoms. The molecule has 0 aliphatic carbocycles. The Balaban J connectivity index is 2.53. The highest BCUT2D eigenvalue weighted by atomic mass is 16.2. The largest absolute Gasteiger partial charge is 0.351 e. The van der Waals surface area contributed by atoms with E-state index in [1.165, 1.54) is 6.92 Å². The van der Waals surface area contributed by atoms with E-state index >= 15 is 0 Å². The van der Waals surface area contributed by atoms with Crippen LogP contribution in [0.1, 0.15) is 30.6 Å². The lowest BCUT2D eigenvalue weighted by molar-refractivity contribution is -0.862. The molecule has 6 nitrogen and oxygen atoms in total. The zero-order valence-corrected chi connectivity index (χ0v) is 13.4. The summed E-state index contributed by atoms with van der Waals surface area (Å²) in [7, 11) is 1.78. The summed E-state index contributed by atoms with van der Waals surface area (Å²) in [4.78, 5) is 35.9. The Hall–Kier alpha value is -2.21. The van der Waals surface area contributed by atoms with Crippen LogP contribution in [0, 0.1) is 0 Å². The molecule has 0 saturated carbocycles. The van der Waals surface area contributed by atoms with Crippen molar-refractivity contribution in [2.75, 3.05) is 32.0 Å². The third-order valence-corrected chi connectivity index (χ3v) is 3.08. The van der Waals surface area contributed by atoms with Gasteiger partial charge in [0.1, 0.15) is 0 Å². The zero-order valence-electron chi connectivity index (χ0n) is 13.4. The average Bonchev–Trinajstić information content (AvgIpc) is 2.45. The van der Waals surface area contributed by atoms with Crippen molar-refractivity contribution in [1.82, 2.24) is 5.32 Å². The van der Waals surface area contributed by atoms with Crippen molar-refractivity contribution in [1.29, 1.82) is 0 Å². The Kier molecular flexibility index (Phi) is 7.25. The molecule has 2 amide bonds. The maximum atomic E-state index is 12.0. The summed E-state index contributed by atoms with van der Waals surface area (Å²) in [5.74, 6) is -0.402. The van der Waals surface area contributed by atoms with Crippen LogP contribution in [0.3, 0.4) is 0 Å². The van der Waals surface area contributed by atoms with Crippen molar-refractivity contribution in [2.45, 2.75) is 20.3 Å². The van der Waals surface area contributed by atoms with E-state index in [0.29, 0.717) is 17.8 Å². The quantitative estimate of drug-likeness (QED) is 0.585. The molecule has 1 aromatic rings. The number of hydrogen-bond donors (Lipinski definition) is 3. The molecule has 1 atom stereocenters. The Labute approximate surface area is 130 Å². The Morgan fingerprint density at radius 2 is 1.73 bits per heavy atom. The second-order valence-electron chi connectivity index (χ2n) is 5.31. The third kappa shape index (κ3) is 6.05. The average molecular weight is 306 g/mol. The van der Waals surface area contributed by atoms with Crippen LogP contribution in [0.4, 0.5) is 5.69 Å². The number of quaternary nitrogens is 1. The van der Waals surface area contributed by atoms with Crippen molar-refractivity contribution in [3.63, 3.8) is 0 Å². The molecule has 0 spiro atoms. The molecule has 3 N–H and O–H groups in total. The van der Waals surface area contributed by atoms with Crippen LogP contribution >= 0.6 is 0 Å². The lowest BCUT2D eigenvalue weighted by Crippen LogP contribution is -3.11. The second-order valence-corrected chi connectivity index (χ2v) is 5.31. The fourth-order valence-electron chi connectivity index (χ4n) is 2.03. The number of carbonyl (C=O) groups excluding carboxylic acids is 3. The SMILES string of the molecule is CCCNC(=O)C[NH+](C)CC(=O)Nc1ccccc1C(C)=O. The first-order valence-electron chi connectivity index (χ1n) is 7.41. The van der Waals surface area contributed by atoms with Gasteiger partial charge in [0.05, 0.1) is 12.7 Å². The summed E-state index contributed by atoms with van der Waals surface area (Å²) in [6.45, 7) is 4.48. The van der Waals surface area contributed by atoms with Crippen molar-refractivity contribution in [3.05, 3.63) is 29.8 Å². The number of rotatable bonds is 8. The molecule has 1 unspecified atom stereocenters. The Bertz CT molecular complexity index is 543. The number of ketones is 1. The van der Waals surface area contributed by atoms with E-state index in [9.17, 15) is 14.4 Å². The molecule has 6 heteroatoms. The van der Waals surface area contributed by atoms with Gasteiger partial charge in [0, 0.05) is 12.1 Å². The van der Waals surface area contributed by atoms with Gasteiger partial charge < -0.3 is 15.5 Å². The maximum absolute atomic E-state index is 12.0. The van der Waals surface area contributed by atoms with Crippen molar-refractivity contribution < 1.29 is 19.3 Å². The molecule has 120 valence electrons. The minimum absolute atomic E-state index is 0.0729. The lowest BCUT2D eigenvalue weighted by Gasteiger charge is -2.14. The van der Waals surface area contributed by atoms with Gasteiger partial charge in [-0.3, -0.25) is 14.4 Å². The van der Waals surface area contributed by atoms with Crippen LogP contribution in [-0.4, -0.2) is 44.3 Å². The van der Waals surface area contributed by atoms with Crippen LogP contribution in [0.2, 0.25) is 0 Å². The molecule has 0 bridgehead atoms. The van der Waals surface area contributed by atoms with Crippen LogP contribution in [0.25, 0.3) is 0 Å². The summed E-state index contributed by atoms with van der Waals surface area (Å²) in [5, 5.41) is 5.50. The van der Waals surface area contributed by atoms with Gasteiger partial charge in [0.2, 0.25) is 0 Å². The Morgan fingerprint density at radius 3 is 2.36 bits per heavy atom. The number of carbonyl (C=O) groups is 3. The molecule has 0 radical (unpaired) electrons. The number of nitrogens with one attached hydrogen (secondary N) is 3. The molecule has 1 aromatic carbocycles. The molecule has 0 aliphatic rings. The molecule has 0 aromatic heterocycles. The number of anilines is 1. The van der Waals surface area contributed by atoms with E-state index in [0.717, 1.165) is 11.3 Å². The van der Waals surface area contributed by atoms with E-state index in [-0.39, 0.29) is 30.7 Å². The maximum Gasteiger partial charge on any atom is 0.279 e. The van der Waals surface area contributed by atoms with Crippen molar-refractivity contribution >= 4 is 23.3 Å². The van der Waals surface area contributed by atoms with Gasteiger partial charge >= 0.3 is 0 Å². The smallest absolute Gasteiger partial charge is 0.279 e. The Morgan fingerprint density at radius 1 is 1.09 bits per heavy atom. The number of amides is 2. The van der Waals surface area contributed by atoms with Crippen molar-refractivity contribution in [3.8, 4) is 0 Å². The molecular weight excluding hydrogens is 282 g/mol. The predicted molar refractivity (Wildman–Crippen MR) is 85.0 cm³/mol. The van der Waals surface area contributed by atoms with E-state index < -0.39 is 0 Å². The van der Waals surface area contributed by atoms with Crippen molar-refractivity contribution in [2.24, 2.45) is 0 Å². The first-order chi connectivity index (χ1) is 10.4. The van der Waals surface area contributed by atoms with E-state index in [4.69, 9.17) is 0 Å². The summed E-state index contributed by atoms with van der Waals surface area (Å²) >= 11 is 0. The fraction of sp³-hybridized carbons (Fsp3) is 0.438. The monoisotopic (exact) mass is 306 g/mol. The molecule has 0 saturated heterocycles. The zero-order chi connectivity index (χ0) is 16.5. The van der Waals surface area contributed by atoms with Gasteiger partial charge in [0.25, 0.3) is 11.8 Å². The lowest BCUT2D eigenvalue weighted by atomic mass is 10.1. The predicted octanol–water partition coefficient (Wildman–Crippen LogP) is -0.131. The van der Waals surface area contributed by atoms with Crippen LogP contribution in [0.5, 0.6) is 0 Å². The van der Waals surface area contributed by atoms with Gasteiger partial charge in [-0.15, -0.1) is 0 Å². The van der Waals surface area contributed by atoms with Crippen LogP contribution < -0.4 is 15.5 Å². The third-order valence-electron chi connectivity index (χ3n) is 3.08. The first kappa shape index (κ1) is 17.8. The standard InChI is InChI=1S/C16H23N3O3/c1-4-9-17-15(21)10-19(3)11-16(22)18-14-8-6-5-7-13(14)12(2)20/h5-8H,4,9-11H2,1-3H3,(H,17,21)(H,18,22)/p+1. The number of likely N-dealkylation sites (N-methyl/N-ethyl adjacent to an activating group) is 1.